The number of rotatable bonds is 8. The summed E-state index contributed by atoms with van der Waals surface area (Å²) in [5.74, 6) is 0. The van der Waals surface area contributed by atoms with Crippen LogP contribution in [0.4, 0.5) is 0 Å². The molecule has 0 spiro atoms. The van der Waals surface area contributed by atoms with Gasteiger partial charge >= 0.3 is 0 Å². The number of sulfonamides is 1. The molecule has 0 fully saturated rings. The van der Waals surface area contributed by atoms with Gasteiger partial charge in [-0.2, -0.15) is 0 Å². The molecule has 0 aliphatic carbocycles. The molecule has 1 aromatic carbocycles. The van der Waals surface area contributed by atoms with Crippen molar-refractivity contribution in [2.75, 3.05) is 27.3 Å². The summed E-state index contributed by atoms with van der Waals surface area (Å²) in [6.07, 6.45) is 0.644. The summed E-state index contributed by atoms with van der Waals surface area (Å²) >= 11 is 3.30. The predicted octanol–water partition coefficient (Wildman–Crippen LogP) is 1.48. The zero-order valence-corrected chi connectivity index (χ0v) is 13.5. The number of ether oxygens (including phenoxy) is 1. The average Bonchev–Trinajstić information content (AvgIpc) is 2.35. The third-order valence-corrected chi connectivity index (χ3v) is 4.92. The number of halogens is 1. The van der Waals surface area contributed by atoms with Gasteiger partial charge < -0.3 is 10.1 Å². The molecule has 0 aliphatic heterocycles. The van der Waals surface area contributed by atoms with Crippen LogP contribution in [0.25, 0.3) is 0 Å². The van der Waals surface area contributed by atoms with Gasteiger partial charge in [-0.3, -0.25) is 0 Å². The quantitative estimate of drug-likeness (QED) is 0.697. The lowest BCUT2D eigenvalue weighted by molar-refractivity contribution is 0.196. The van der Waals surface area contributed by atoms with E-state index in [9.17, 15) is 8.42 Å². The Balaban J connectivity index is 2.77. The molecule has 19 heavy (non-hydrogen) atoms. The fourth-order valence-corrected chi connectivity index (χ4v) is 3.77. The van der Waals surface area contributed by atoms with E-state index in [0.29, 0.717) is 30.6 Å². The van der Waals surface area contributed by atoms with E-state index in [1.54, 1.807) is 25.3 Å². The molecule has 0 unspecified atom stereocenters. The van der Waals surface area contributed by atoms with Crippen LogP contribution in [-0.4, -0.2) is 35.7 Å². The fraction of sp³-hybridized carbons (Fsp3) is 0.500. The maximum atomic E-state index is 12.1. The second-order valence-electron chi connectivity index (χ2n) is 4.04. The van der Waals surface area contributed by atoms with Gasteiger partial charge in [-0.1, -0.05) is 6.07 Å². The van der Waals surface area contributed by atoms with E-state index in [-0.39, 0.29) is 4.90 Å². The van der Waals surface area contributed by atoms with Crippen LogP contribution in [0.15, 0.2) is 27.6 Å². The first-order valence-electron chi connectivity index (χ1n) is 5.93. The van der Waals surface area contributed by atoms with Crippen LogP contribution >= 0.6 is 15.9 Å². The molecule has 0 aliphatic rings. The number of hydrogen-bond acceptors (Lipinski definition) is 4. The molecule has 0 heterocycles. The van der Waals surface area contributed by atoms with E-state index >= 15 is 0 Å². The summed E-state index contributed by atoms with van der Waals surface area (Å²) < 4.78 is 32.2. The van der Waals surface area contributed by atoms with Crippen molar-refractivity contribution in [3.63, 3.8) is 0 Å². The highest BCUT2D eigenvalue weighted by molar-refractivity contribution is 9.10. The molecule has 5 nitrogen and oxygen atoms in total. The zero-order valence-electron chi connectivity index (χ0n) is 11.1. The van der Waals surface area contributed by atoms with Gasteiger partial charge in [0.05, 0.1) is 4.90 Å². The van der Waals surface area contributed by atoms with Gasteiger partial charge in [0.1, 0.15) is 0 Å². The van der Waals surface area contributed by atoms with Gasteiger partial charge in [-0.15, -0.1) is 0 Å². The van der Waals surface area contributed by atoms with E-state index < -0.39 is 10.0 Å². The van der Waals surface area contributed by atoms with Crippen molar-refractivity contribution in [3.05, 3.63) is 28.2 Å². The average molecular weight is 351 g/mol. The van der Waals surface area contributed by atoms with Crippen LogP contribution in [0.2, 0.25) is 0 Å². The van der Waals surface area contributed by atoms with Crippen molar-refractivity contribution in [1.82, 2.24) is 10.0 Å². The van der Waals surface area contributed by atoms with E-state index in [2.05, 4.69) is 26.0 Å². The lowest BCUT2D eigenvalue weighted by atomic mass is 10.2. The normalized spacial score (nSPS) is 11.7. The minimum Gasteiger partial charge on any atom is -0.385 e. The summed E-state index contributed by atoms with van der Waals surface area (Å²) in [5, 5.41) is 3.02. The first-order valence-corrected chi connectivity index (χ1v) is 8.20. The largest absolute Gasteiger partial charge is 0.385 e. The topological polar surface area (TPSA) is 67.4 Å². The van der Waals surface area contributed by atoms with Crippen LogP contribution in [0.3, 0.4) is 0 Å². The summed E-state index contributed by atoms with van der Waals surface area (Å²) in [6, 6.07) is 5.21. The highest BCUT2D eigenvalue weighted by Crippen LogP contribution is 2.23. The molecule has 0 bridgehead atoms. The Morgan fingerprint density at radius 1 is 1.37 bits per heavy atom. The van der Waals surface area contributed by atoms with E-state index in [4.69, 9.17) is 4.74 Å². The molecule has 1 rings (SSSR count). The highest BCUT2D eigenvalue weighted by atomic mass is 79.9. The standard InChI is InChI=1S/C12H19BrN2O3S/c1-14-9-10-4-5-12(11(13)8-10)19(16,17)15-6-3-7-18-2/h4-5,8,14-15H,3,6-7,9H2,1-2H3. The maximum Gasteiger partial charge on any atom is 0.241 e. The van der Waals surface area contributed by atoms with Crippen LogP contribution in [0.1, 0.15) is 12.0 Å². The van der Waals surface area contributed by atoms with Crippen molar-refractivity contribution in [2.24, 2.45) is 0 Å². The van der Waals surface area contributed by atoms with Gasteiger partial charge in [0, 0.05) is 31.3 Å². The van der Waals surface area contributed by atoms with Gasteiger partial charge in [0.15, 0.2) is 0 Å². The molecule has 0 saturated heterocycles. The zero-order chi connectivity index (χ0) is 14.3. The van der Waals surface area contributed by atoms with Crippen molar-refractivity contribution in [2.45, 2.75) is 17.9 Å². The first kappa shape index (κ1) is 16.6. The number of nitrogens with one attached hydrogen (secondary N) is 2. The third kappa shape index (κ3) is 5.19. The molecule has 7 heteroatoms. The summed E-state index contributed by atoms with van der Waals surface area (Å²) in [5.41, 5.74) is 1.02. The van der Waals surface area contributed by atoms with Gasteiger partial charge in [0.2, 0.25) is 10.0 Å². The Bertz CT molecular complexity index is 506. The third-order valence-electron chi connectivity index (χ3n) is 2.48. The van der Waals surface area contributed by atoms with Crippen molar-refractivity contribution >= 4 is 26.0 Å². The molecule has 2 N–H and O–H groups in total. The lowest BCUT2D eigenvalue weighted by Crippen LogP contribution is -2.26. The Morgan fingerprint density at radius 3 is 2.68 bits per heavy atom. The highest BCUT2D eigenvalue weighted by Gasteiger charge is 2.17. The van der Waals surface area contributed by atoms with Gasteiger partial charge in [-0.05, 0) is 47.1 Å². The monoisotopic (exact) mass is 350 g/mol. The molecule has 0 amide bonds. The van der Waals surface area contributed by atoms with Crippen LogP contribution in [-0.2, 0) is 21.3 Å². The Hall–Kier alpha value is -0.470. The van der Waals surface area contributed by atoms with Crippen LogP contribution in [0.5, 0.6) is 0 Å². The van der Waals surface area contributed by atoms with Gasteiger partial charge in [0.25, 0.3) is 0 Å². The second kappa shape index (κ2) is 7.96. The lowest BCUT2D eigenvalue weighted by Gasteiger charge is -2.10. The van der Waals surface area contributed by atoms with Crippen molar-refractivity contribution < 1.29 is 13.2 Å². The van der Waals surface area contributed by atoms with E-state index in [1.807, 2.05) is 7.05 Å². The second-order valence-corrected chi connectivity index (χ2v) is 6.63. The first-order chi connectivity index (χ1) is 9.01. The summed E-state index contributed by atoms with van der Waals surface area (Å²) in [4.78, 5) is 0.254. The SMILES string of the molecule is CNCc1ccc(S(=O)(=O)NCCCOC)c(Br)c1. The van der Waals surface area contributed by atoms with E-state index in [0.717, 1.165) is 5.56 Å². The fourth-order valence-electron chi connectivity index (χ4n) is 1.58. The van der Waals surface area contributed by atoms with Crippen LogP contribution in [0, 0.1) is 0 Å². The number of benzene rings is 1. The Kier molecular flexibility index (Phi) is 6.95. The molecular weight excluding hydrogens is 332 g/mol. The molecule has 108 valence electrons. The minimum absolute atomic E-state index is 0.254. The minimum atomic E-state index is -3.48. The van der Waals surface area contributed by atoms with Crippen molar-refractivity contribution in [3.8, 4) is 0 Å². The van der Waals surface area contributed by atoms with E-state index in [1.165, 1.54) is 0 Å². The summed E-state index contributed by atoms with van der Waals surface area (Å²) in [6.45, 7) is 1.59. The molecule has 0 aromatic heterocycles. The molecule has 0 atom stereocenters. The molecule has 0 radical (unpaired) electrons. The molecular formula is C12H19BrN2O3S. The number of hydrogen-bond donors (Lipinski definition) is 2. The van der Waals surface area contributed by atoms with Crippen LogP contribution < -0.4 is 10.0 Å². The summed E-state index contributed by atoms with van der Waals surface area (Å²) in [7, 11) is -0.0439. The Morgan fingerprint density at radius 2 is 2.11 bits per heavy atom. The Labute approximate surface area is 122 Å². The molecule has 0 saturated carbocycles. The van der Waals surface area contributed by atoms with Gasteiger partial charge in [-0.25, -0.2) is 13.1 Å². The smallest absolute Gasteiger partial charge is 0.241 e. The maximum absolute atomic E-state index is 12.1. The van der Waals surface area contributed by atoms with Crippen molar-refractivity contribution in [1.29, 1.82) is 0 Å². The predicted molar refractivity (Wildman–Crippen MR) is 78.6 cm³/mol. The number of methoxy groups -OCH3 is 1. The molecule has 1 aromatic rings.